The van der Waals surface area contributed by atoms with Crippen LogP contribution in [0.25, 0.3) is 0 Å². The minimum atomic E-state index is -0.876. The maximum Gasteiger partial charge on any atom is 0.248 e. The molecule has 2 N–H and O–H groups in total. The molecule has 0 spiro atoms. The number of nitrogens with one attached hydrogen (secondary N) is 2. The number of anilines is 3. The molecule has 8 heteroatoms. The zero-order valence-electron chi connectivity index (χ0n) is 18.4. The molecule has 0 radical (unpaired) electrons. The Labute approximate surface area is 195 Å². The minimum Gasteiger partial charge on any atom is -0.324 e. The second-order valence-corrected chi connectivity index (χ2v) is 9.03. The van der Waals surface area contributed by atoms with E-state index < -0.39 is 23.6 Å². The van der Waals surface area contributed by atoms with Crippen LogP contribution in [0.2, 0.25) is 0 Å². The molecular formula is C25H23F2N3O2S. The Bertz CT molecular complexity index is 1230. The highest BCUT2D eigenvalue weighted by molar-refractivity contribution is 8.00. The normalized spacial score (nSPS) is 15.1. The largest absolute Gasteiger partial charge is 0.324 e. The van der Waals surface area contributed by atoms with E-state index in [2.05, 4.69) is 22.8 Å². The summed E-state index contributed by atoms with van der Waals surface area (Å²) < 4.78 is 29.0. The number of hydrogen-bond acceptors (Lipinski definition) is 4. The predicted molar refractivity (Wildman–Crippen MR) is 127 cm³/mol. The van der Waals surface area contributed by atoms with Crippen molar-refractivity contribution in [2.45, 2.75) is 38.1 Å². The van der Waals surface area contributed by atoms with E-state index in [1.165, 1.54) is 11.9 Å². The van der Waals surface area contributed by atoms with Crippen LogP contribution in [0.4, 0.5) is 25.8 Å². The van der Waals surface area contributed by atoms with E-state index in [0.717, 1.165) is 39.4 Å². The Balaban J connectivity index is 1.65. The maximum absolute atomic E-state index is 14.0. The highest BCUT2D eigenvalue weighted by Crippen LogP contribution is 2.42. The van der Waals surface area contributed by atoms with Crippen molar-refractivity contribution in [1.29, 1.82) is 0 Å². The zero-order chi connectivity index (χ0) is 23.7. The average Bonchev–Trinajstić information content (AvgIpc) is 2.74. The maximum atomic E-state index is 14.0. The van der Waals surface area contributed by atoms with E-state index in [9.17, 15) is 18.4 Å². The number of para-hydroxylation sites is 2. The minimum absolute atomic E-state index is 0.137. The van der Waals surface area contributed by atoms with Crippen LogP contribution in [0.5, 0.6) is 0 Å². The second-order valence-electron chi connectivity index (χ2n) is 8.04. The fraction of sp³-hybridized carbons (Fsp3) is 0.200. The van der Waals surface area contributed by atoms with Gasteiger partial charge in [0.25, 0.3) is 0 Å². The van der Waals surface area contributed by atoms with Crippen molar-refractivity contribution >= 4 is 40.8 Å². The average molecular weight is 468 g/mol. The van der Waals surface area contributed by atoms with E-state index >= 15 is 0 Å². The van der Waals surface area contributed by atoms with Crippen molar-refractivity contribution in [2.75, 3.05) is 14.9 Å². The SMILES string of the molecule is Cc1cc(C)c(SN2c3ccccc3NC(=O)C2CC(=O)Nc2ccc(F)cc2F)c(C)c1. The van der Waals surface area contributed by atoms with Crippen molar-refractivity contribution in [3.8, 4) is 0 Å². The fourth-order valence-corrected chi connectivity index (χ4v) is 5.08. The molecule has 0 fully saturated rings. The lowest BCUT2D eigenvalue weighted by Gasteiger charge is -2.37. The number of carbonyl (C=O) groups is 2. The third kappa shape index (κ3) is 4.85. The van der Waals surface area contributed by atoms with Gasteiger partial charge in [-0.1, -0.05) is 29.8 Å². The number of carbonyl (C=O) groups excluding carboxylic acids is 2. The fourth-order valence-electron chi connectivity index (χ4n) is 3.93. The summed E-state index contributed by atoms with van der Waals surface area (Å²) in [5.74, 6) is -2.50. The Morgan fingerprint density at radius 1 is 1.06 bits per heavy atom. The van der Waals surface area contributed by atoms with Crippen molar-refractivity contribution < 1.29 is 18.4 Å². The smallest absolute Gasteiger partial charge is 0.248 e. The molecule has 1 aliphatic rings. The molecule has 0 saturated carbocycles. The molecule has 0 bridgehead atoms. The summed E-state index contributed by atoms with van der Waals surface area (Å²) in [5, 5.41) is 5.30. The van der Waals surface area contributed by atoms with Gasteiger partial charge >= 0.3 is 0 Å². The van der Waals surface area contributed by atoms with Gasteiger partial charge in [0.1, 0.15) is 17.7 Å². The molecule has 3 aromatic carbocycles. The molecule has 1 atom stereocenters. The first-order valence-corrected chi connectivity index (χ1v) is 11.2. The summed E-state index contributed by atoms with van der Waals surface area (Å²) in [6.07, 6.45) is -0.214. The standard InChI is InChI=1S/C25H23F2N3O2S/c1-14-10-15(2)24(16(3)11-14)33-30-21-7-5-4-6-20(21)29-25(32)22(30)13-23(31)28-19-9-8-17(26)12-18(19)27/h4-12,22H,13H2,1-3H3,(H,28,31)(H,29,32). The van der Waals surface area contributed by atoms with Crippen LogP contribution in [0.3, 0.4) is 0 Å². The van der Waals surface area contributed by atoms with Crippen molar-refractivity contribution in [3.63, 3.8) is 0 Å². The van der Waals surface area contributed by atoms with Crippen LogP contribution in [0.1, 0.15) is 23.1 Å². The van der Waals surface area contributed by atoms with Gasteiger partial charge in [-0.25, -0.2) is 8.78 Å². The van der Waals surface area contributed by atoms with Gasteiger partial charge in [0.2, 0.25) is 11.8 Å². The van der Waals surface area contributed by atoms with E-state index in [1.54, 1.807) is 6.07 Å². The van der Waals surface area contributed by atoms with Crippen LogP contribution >= 0.6 is 11.9 Å². The highest BCUT2D eigenvalue weighted by atomic mass is 32.2. The van der Waals surface area contributed by atoms with Gasteiger partial charge < -0.3 is 10.6 Å². The van der Waals surface area contributed by atoms with Crippen molar-refractivity contribution in [1.82, 2.24) is 0 Å². The van der Waals surface area contributed by atoms with E-state index in [-0.39, 0.29) is 18.0 Å². The molecular weight excluding hydrogens is 444 g/mol. The molecule has 0 saturated heterocycles. The number of benzene rings is 3. The monoisotopic (exact) mass is 467 g/mol. The summed E-state index contributed by atoms with van der Waals surface area (Å²) in [6, 6.07) is 13.6. The number of aryl methyl sites for hydroxylation is 3. The van der Waals surface area contributed by atoms with E-state index in [0.29, 0.717) is 11.8 Å². The molecule has 4 rings (SSSR count). The van der Waals surface area contributed by atoms with Gasteiger partial charge in [-0.05, 0) is 68.1 Å². The molecule has 0 aromatic heterocycles. The first-order chi connectivity index (χ1) is 15.7. The van der Waals surface area contributed by atoms with Gasteiger partial charge in [0.05, 0.1) is 23.5 Å². The zero-order valence-corrected chi connectivity index (χ0v) is 19.2. The van der Waals surface area contributed by atoms with Crippen molar-refractivity contribution in [3.05, 3.63) is 82.9 Å². The van der Waals surface area contributed by atoms with Crippen LogP contribution in [0, 0.1) is 32.4 Å². The van der Waals surface area contributed by atoms with E-state index in [1.807, 2.05) is 43.3 Å². The number of amides is 2. The molecule has 3 aromatic rings. The van der Waals surface area contributed by atoms with Crippen molar-refractivity contribution in [2.24, 2.45) is 0 Å². The molecule has 1 unspecified atom stereocenters. The summed E-state index contributed by atoms with van der Waals surface area (Å²) in [7, 11) is 0. The van der Waals surface area contributed by atoms with Gasteiger partial charge in [-0.3, -0.25) is 13.9 Å². The molecule has 1 aliphatic heterocycles. The topological polar surface area (TPSA) is 61.4 Å². The quantitative estimate of drug-likeness (QED) is 0.469. The van der Waals surface area contributed by atoms with Crippen LogP contribution in [-0.2, 0) is 9.59 Å². The highest BCUT2D eigenvalue weighted by Gasteiger charge is 2.36. The summed E-state index contributed by atoms with van der Waals surface area (Å²) >= 11 is 1.40. The van der Waals surface area contributed by atoms with Gasteiger partial charge in [0.15, 0.2) is 0 Å². The predicted octanol–water partition coefficient (Wildman–Crippen LogP) is 5.75. The third-order valence-corrected chi connectivity index (χ3v) is 6.84. The van der Waals surface area contributed by atoms with Gasteiger partial charge in [0, 0.05) is 11.0 Å². The Morgan fingerprint density at radius 2 is 1.76 bits per heavy atom. The summed E-state index contributed by atoms with van der Waals surface area (Å²) in [5.41, 5.74) is 4.56. The van der Waals surface area contributed by atoms with Gasteiger partial charge in [-0.2, -0.15) is 0 Å². The lowest BCUT2D eigenvalue weighted by Crippen LogP contribution is -2.46. The first kappa shape index (κ1) is 22.8. The Hall–Kier alpha value is -3.39. The van der Waals surface area contributed by atoms with Crippen LogP contribution in [0.15, 0.2) is 59.5 Å². The van der Waals surface area contributed by atoms with Crippen LogP contribution < -0.4 is 14.9 Å². The summed E-state index contributed by atoms with van der Waals surface area (Å²) in [6.45, 7) is 6.05. The first-order valence-electron chi connectivity index (χ1n) is 10.4. The molecule has 2 amide bonds. The molecule has 33 heavy (non-hydrogen) atoms. The third-order valence-electron chi connectivity index (χ3n) is 5.36. The number of halogens is 2. The Morgan fingerprint density at radius 3 is 2.45 bits per heavy atom. The number of hydrogen-bond donors (Lipinski definition) is 2. The number of rotatable bonds is 5. The number of fused-ring (bicyclic) bond motifs is 1. The van der Waals surface area contributed by atoms with Gasteiger partial charge in [-0.15, -0.1) is 0 Å². The molecule has 1 heterocycles. The van der Waals surface area contributed by atoms with Crippen LogP contribution in [-0.4, -0.2) is 17.9 Å². The molecule has 5 nitrogen and oxygen atoms in total. The molecule has 170 valence electrons. The second kappa shape index (κ2) is 9.23. The summed E-state index contributed by atoms with van der Waals surface area (Å²) in [4.78, 5) is 26.8. The van der Waals surface area contributed by atoms with E-state index in [4.69, 9.17) is 0 Å². The lowest BCUT2D eigenvalue weighted by molar-refractivity contribution is -0.122. The Kier molecular flexibility index (Phi) is 6.37. The lowest BCUT2D eigenvalue weighted by atomic mass is 10.1. The number of nitrogens with zero attached hydrogens (tertiary/aromatic N) is 1. The molecule has 0 aliphatic carbocycles.